The highest BCUT2D eigenvalue weighted by Crippen LogP contribution is 2.44. The fraction of sp³-hybridized carbons (Fsp3) is 0.278. The maximum Gasteiger partial charge on any atom is 0.319 e. The van der Waals surface area contributed by atoms with Gasteiger partial charge in [0.1, 0.15) is 0 Å². The third-order valence-corrected chi connectivity index (χ3v) is 7.30. The second-order valence-corrected chi connectivity index (χ2v) is 9.16. The lowest BCUT2D eigenvalue weighted by atomic mass is 10.2. The fourth-order valence-corrected chi connectivity index (χ4v) is 5.81. The highest BCUT2D eigenvalue weighted by atomic mass is 35.5. The first-order valence-electron chi connectivity index (χ1n) is 7.94. The molecular formula is C18H18Cl2N2OS2. The van der Waals surface area contributed by atoms with Gasteiger partial charge in [-0.2, -0.15) is 0 Å². The number of rotatable bonds is 4. The molecule has 132 valence electrons. The van der Waals surface area contributed by atoms with Gasteiger partial charge in [0, 0.05) is 22.3 Å². The van der Waals surface area contributed by atoms with Crippen molar-refractivity contribution in [2.75, 3.05) is 16.8 Å². The number of amides is 2. The highest BCUT2D eigenvalue weighted by Gasteiger charge is 2.17. The summed E-state index contributed by atoms with van der Waals surface area (Å²) in [6.07, 6.45) is 1.26. The Bertz CT molecular complexity index is 752. The van der Waals surface area contributed by atoms with Crippen LogP contribution in [-0.4, -0.2) is 17.5 Å². The summed E-state index contributed by atoms with van der Waals surface area (Å²) in [5.41, 5.74) is 2.86. The van der Waals surface area contributed by atoms with E-state index in [9.17, 15) is 4.79 Å². The number of hydrogen-bond acceptors (Lipinski definition) is 3. The van der Waals surface area contributed by atoms with Crippen molar-refractivity contribution in [1.82, 2.24) is 5.32 Å². The molecule has 3 rings (SSSR count). The Morgan fingerprint density at radius 1 is 1.12 bits per heavy atom. The zero-order valence-electron chi connectivity index (χ0n) is 13.4. The second-order valence-electron chi connectivity index (χ2n) is 5.60. The maximum absolute atomic E-state index is 12.1. The Labute approximate surface area is 166 Å². The van der Waals surface area contributed by atoms with Crippen LogP contribution in [0, 0.1) is 0 Å². The number of benzene rings is 2. The average Bonchev–Trinajstić information content (AvgIpc) is 2.62. The van der Waals surface area contributed by atoms with E-state index in [1.807, 2.05) is 47.8 Å². The summed E-state index contributed by atoms with van der Waals surface area (Å²) >= 11 is 15.9. The molecule has 7 heteroatoms. The molecule has 1 saturated heterocycles. The number of anilines is 1. The van der Waals surface area contributed by atoms with Crippen LogP contribution in [-0.2, 0) is 6.54 Å². The summed E-state index contributed by atoms with van der Waals surface area (Å²) in [6, 6.07) is 13.0. The third-order valence-electron chi connectivity index (χ3n) is 3.70. The molecule has 1 heterocycles. The number of nitrogens with one attached hydrogen (secondary N) is 2. The maximum atomic E-state index is 12.1. The molecular weight excluding hydrogens is 395 g/mol. The molecule has 1 aliphatic rings. The lowest BCUT2D eigenvalue weighted by Crippen LogP contribution is -2.28. The van der Waals surface area contributed by atoms with Crippen molar-refractivity contribution in [2.24, 2.45) is 0 Å². The van der Waals surface area contributed by atoms with Crippen LogP contribution >= 0.6 is 46.7 Å². The molecule has 0 aliphatic carbocycles. The van der Waals surface area contributed by atoms with Gasteiger partial charge >= 0.3 is 6.03 Å². The normalized spacial score (nSPS) is 15.0. The smallest absolute Gasteiger partial charge is 0.319 e. The quantitative estimate of drug-likeness (QED) is 0.629. The lowest BCUT2D eigenvalue weighted by Gasteiger charge is -2.21. The molecule has 3 nitrogen and oxygen atoms in total. The molecule has 2 aromatic rings. The largest absolute Gasteiger partial charge is 0.334 e. The highest BCUT2D eigenvalue weighted by molar-refractivity contribution is 8.16. The zero-order valence-corrected chi connectivity index (χ0v) is 16.6. The van der Waals surface area contributed by atoms with Crippen LogP contribution < -0.4 is 10.6 Å². The van der Waals surface area contributed by atoms with Gasteiger partial charge in [-0.3, -0.25) is 0 Å². The molecule has 0 saturated carbocycles. The van der Waals surface area contributed by atoms with Crippen LogP contribution in [0.5, 0.6) is 0 Å². The summed E-state index contributed by atoms with van der Waals surface area (Å²) in [4.78, 5) is 12.1. The molecule has 0 spiro atoms. The molecule has 25 heavy (non-hydrogen) atoms. The van der Waals surface area contributed by atoms with Crippen LogP contribution in [0.3, 0.4) is 0 Å². The number of urea groups is 1. The summed E-state index contributed by atoms with van der Waals surface area (Å²) in [5.74, 6) is 2.38. The van der Waals surface area contributed by atoms with Crippen LogP contribution in [0.1, 0.15) is 22.1 Å². The van der Waals surface area contributed by atoms with E-state index in [1.54, 1.807) is 12.1 Å². The predicted octanol–water partition coefficient (Wildman–Crippen LogP) is 6.18. The minimum absolute atomic E-state index is 0.257. The first kappa shape index (κ1) is 18.8. The molecule has 1 aliphatic heterocycles. The minimum atomic E-state index is -0.257. The van der Waals surface area contributed by atoms with E-state index in [0.29, 0.717) is 21.2 Å². The fourth-order valence-electron chi connectivity index (χ4n) is 2.46. The van der Waals surface area contributed by atoms with Crippen molar-refractivity contribution in [3.8, 4) is 0 Å². The van der Waals surface area contributed by atoms with Crippen molar-refractivity contribution in [3.63, 3.8) is 0 Å². The number of halogens is 2. The monoisotopic (exact) mass is 412 g/mol. The van der Waals surface area contributed by atoms with Gasteiger partial charge in [-0.25, -0.2) is 4.79 Å². The first-order valence-corrected chi connectivity index (χ1v) is 10.8. The van der Waals surface area contributed by atoms with E-state index in [1.165, 1.54) is 23.5 Å². The summed E-state index contributed by atoms with van der Waals surface area (Å²) in [7, 11) is 0. The molecule has 1 fully saturated rings. The van der Waals surface area contributed by atoms with Gasteiger partial charge in [0.15, 0.2) is 0 Å². The Kier molecular flexibility index (Phi) is 6.82. The van der Waals surface area contributed by atoms with Crippen LogP contribution in [0.2, 0.25) is 10.0 Å². The van der Waals surface area contributed by atoms with Gasteiger partial charge in [-0.05, 0) is 53.3 Å². The van der Waals surface area contributed by atoms with Crippen LogP contribution in [0.25, 0.3) is 0 Å². The van der Waals surface area contributed by atoms with E-state index in [-0.39, 0.29) is 6.03 Å². The van der Waals surface area contributed by atoms with Crippen molar-refractivity contribution in [3.05, 3.63) is 63.6 Å². The lowest BCUT2D eigenvalue weighted by molar-refractivity contribution is 0.252. The summed E-state index contributed by atoms with van der Waals surface area (Å²) < 4.78 is 0.450. The number of carbonyl (C=O) groups is 1. The second kappa shape index (κ2) is 9.08. The van der Waals surface area contributed by atoms with Gasteiger partial charge in [-0.1, -0.05) is 41.4 Å². The zero-order chi connectivity index (χ0) is 17.6. The number of thioether (sulfide) groups is 2. The van der Waals surface area contributed by atoms with E-state index in [0.717, 1.165) is 11.3 Å². The van der Waals surface area contributed by atoms with E-state index in [2.05, 4.69) is 16.7 Å². The summed E-state index contributed by atoms with van der Waals surface area (Å²) in [5, 5.41) is 6.82. The van der Waals surface area contributed by atoms with Crippen molar-refractivity contribution in [2.45, 2.75) is 17.5 Å². The first-order chi connectivity index (χ1) is 12.1. The van der Waals surface area contributed by atoms with Crippen LogP contribution in [0.15, 0.2) is 42.5 Å². The number of carbonyl (C=O) groups excluding carboxylic acids is 1. The standard InChI is InChI=1S/C18H18Cl2N2OS2/c19-14-6-5-13(16(20)10-14)11-21-18(23)22-15-4-1-3-12(9-15)17-24-7-2-8-25-17/h1,3-6,9-10,17H,2,7-8,11H2,(H2,21,22,23). The van der Waals surface area contributed by atoms with E-state index < -0.39 is 0 Å². The van der Waals surface area contributed by atoms with Gasteiger partial charge in [-0.15, -0.1) is 23.5 Å². The predicted molar refractivity (Wildman–Crippen MR) is 111 cm³/mol. The summed E-state index contributed by atoms with van der Waals surface area (Å²) in [6.45, 7) is 0.343. The average molecular weight is 413 g/mol. The molecule has 0 unspecified atom stereocenters. The molecule has 0 atom stereocenters. The van der Waals surface area contributed by atoms with Crippen molar-refractivity contribution < 1.29 is 4.79 Å². The van der Waals surface area contributed by atoms with Gasteiger partial charge < -0.3 is 10.6 Å². The Morgan fingerprint density at radius 2 is 1.92 bits per heavy atom. The Balaban J connectivity index is 1.57. The molecule has 0 bridgehead atoms. The Hall–Kier alpha value is -1.01. The minimum Gasteiger partial charge on any atom is -0.334 e. The SMILES string of the molecule is O=C(NCc1ccc(Cl)cc1Cl)Nc1cccc(C2SCCCS2)c1. The molecule has 2 N–H and O–H groups in total. The molecule has 2 amide bonds. The topological polar surface area (TPSA) is 41.1 Å². The van der Waals surface area contributed by atoms with Crippen molar-refractivity contribution in [1.29, 1.82) is 0 Å². The van der Waals surface area contributed by atoms with Gasteiger partial charge in [0.2, 0.25) is 0 Å². The van der Waals surface area contributed by atoms with Gasteiger partial charge in [0.05, 0.1) is 4.58 Å². The van der Waals surface area contributed by atoms with E-state index in [4.69, 9.17) is 23.2 Å². The van der Waals surface area contributed by atoms with Gasteiger partial charge in [0.25, 0.3) is 0 Å². The molecule has 0 aromatic heterocycles. The van der Waals surface area contributed by atoms with Crippen molar-refractivity contribution >= 4 is 58.4 Å². The van der Waals surface area contributed by atoms with Crippen LogP contribution in [0.4, 0.5) is 10.5 Å². The molecule has 2 aromatic carbocycles. The third kappa shape index (κ3) is 5.48. The van der Waals surface area contributed by atoms with E-state index >= 15 is 0 Å². The molecule has 0 radical (unpaired) electrons. The Morgan fingerprint density at radius 3 is 2.68 bits per heavy atom. The number of hydrogen-bond donors (Lipinski definition) is 2.